The zero-order valence-corrected chi connectivity index (χ0v) is 10.4. The van der Waals surface area contributed by atoms with E-state index < -0.39 is 0 Å². The Morgan fingerprint density at radius 3 is 2.74 bits per heavy atom. The highest BCUT2D eigenvalue weighted by molar-refractivity contribution is 5.77. The Kier molecular flexibility index (Phi) is 3.42. The minimum atomic E-state index is -0.193. The summed E-state index contributed by atoms with van der Waals surface area (Å²) in [5.41, 5.74) is 9.10. The van der Waals surface area contributed by atoms with Crippen LogP contribution in [0, 0.1) is 0 Å². The fourth-order valence-electron chi connectivity index (χ4n) is 2.08. The number of carbonyl (C=O) groups is 1. The monoisotopic (exact) mass is 257 g/mol. The molecule has 4 nitrogen and oxygen atoms in total. The number of benzene rings is 1. The molecule has 2 rings (SSSR count). The van der Waals surface area contributed by atoms with Crippen LogP contribution < -0.4 is 5.73 Å². The predicted octanol–water partition coefficient (Wildman–Crippen LogP) is 2.68. The van der Waals surface area contributed by atoms with Crippen LogP contribution in [-0.2, 0) is 11.2 Å². The van der Waals surface area contributed by atoms with E-state index in [-0.39, 0.29) is 17.9 Å². The highest BCUT2D eigenvalue weighted by atomic mass is 16.3. The molecule has 1 aromatic rings. The summed E-state index contributed by atoms with van der Waals surface area (Å²) in [7, 11) is 0. The van der Waals surface area contributed by atoms with Crippen LogP contribution in [0.4, 0.5) is 5.69 Å². The topological polar surface area (TPSA) is 83.5 Å². The van der Waals surface area contributed by atoms with Crippen LogP contribution in [0.2, 0.25) is 0 Å². The first-order chi connectivity index (χ1) is 9.02. The minimum absolute atomic E-state index is 0.157. The van der Waals surface area contributed by atoms with Gasteiger partial charge in [-0.3, -0.25) is 0 Å². The minimum Gasteiger partial charge on any atom is -0.504 e. The lowest BCUT2D eigenvalue weighted by atomic mass is 9.91. The van der Waals surface area contributed by atoms with E-state index in [9.17, 15) is 15.0 Å². The summed E-state index contributed by atoms with van der Waals surface area (Å²) in [4.78, 5) is 10.5. The largest absolute Gasteiger partial charge is 0.504 e. The van der Waals surface area contributed by atoms with E-state index in [0.29, 0.717) is 28.8 Å². The molecule has 0 heterocycles. The average Bonchev–Trinajstić information content (AvgIpc) is 2.36. The number of aliphatic hydroxyl groups excluding tert-OH is 2. The van der Waals surface area contributed by atoms with Crippen LogP contribution in [0.25, 0.3) is 5.57 Å². The van der Waals surface area contributed by atoms with Gasteiger partial charge in [-0.25, -0.2) is 0 Å². The van der Waals surface area contributed by atoms with Crippen molar-refractivity contribution < 1.29 is 15.0 Å². The fourth-order valence-corrected chi connectivity index (χ4v) is 2.08. The normalized spacial score (nSPS) is 15.4. The van der Waals surface area contributed by atoms with Crippen LogP contribution in [0.1, 0.15) is 17.5 Å². The van der Waals surface area contributed by atoms with Crippen molar-refractivity contribution in [3.8, 4) is 0 Å². The highest BCUT2D eigenvalue weighted by Gasteiger charge is 2.18. The summed E-state index contributed by atoms with van der Waals surface area (Å²) in [5.74, 6) is -0.350. The van der Waals surface area contributed by atoms with Gasteiger partial charge in [0.05, 0.1) is 0 Å². The molecule has 4 N–H and O–H groups in total. The molecule has 0 fully saturated rings. The van der Waals surface area contributed by atoms with Gasteiger partial charge in [-0.2, -0.15) is 0 Å². The molecule has 0 unspecified atom stereocenters. The van der Waals surface area contributed by atoms with Crippen LogP contribution in [0.5, 0.6) is 0 Å². The number of rotatable bonds is 3. The van der Waals surface area contributed by atoms with Gasteiger partial charge in [0.2, 0.25) is 0 Å². The molecule has 0 saturated heterocycles. The predicted molar refractivity (Wildman–Crippen MR) is 74.6 cm³/mol. The van der Waals surface area contributed by atoms with Crippen molar-refractivity contribution in [3.05, 3.63) is 59.1 Å². The van der Waals surface area contributed by atoms with E-state index in [0.717, 1.165) is 11.8 Å². The van der Waals surface area contributed by atoms with Gasteiger partial charge in [0, 0.05) is 24.1 Å². The molecule has 1 aromatic carbocycles. The van der Waals surface area contributed by atoms with Crippen molar-refractivity contribution >= 4 is 17.5 Å². The van der Waals surface area contributed by atoms with Gasteiger partial charge in [0.15, 0.2) is 11.5 Å². The van der Waals surface area contributed by atoms with E-state index in [1.54, 1.807) is 18.2 Å². The van der Waals surface area contributed by atoms with Gasteiger partial charge in [0.1, 0.15) is 6.29 Å². The number of hydrogen-bond donors (Lipinski definition) is 3. The standard InChI is InChI=1S/C15H15NO3/c1-9-6-12(15(19)14(18)7-9)11-3-2-10(4-5-17)13(16)8-11/h2-3,5,7-8,18-19H,1,4,6,16H2. The summed E-state index contributed by atoms with van der Waals surface area (Å²) < 4.78 is 0. The third-order valence-corrected chi connectivity index (χ3v) is 3.07. The molecule has 0 atom stereocenters. The first-order valence-corrected chi connectivity index (χ1v) is 5.86. The quantitative estimate of drug-likeness (QED) is 0.574. The molecule has 19 heavy (non-hydrogen) atoms. The Labute approximate surface area is 111 Å². The van der Waals surface area contributed by atoms with Crippen LogP contribution in [0.3, 0.4) is 0 Å². The second-order valence-corrected chi connectivity index (χ2v) is 4.48. The number of hydrogen-bond acceptors (Lipinski definition) is 4. The molecular formula is C15H15NO3. The lowest BCUT2D eigenvalue weighted by Crippen LogP contribution is -2.03. The molecule has 0 radical (unpaired) electrons. The van der Waals surface area contributed by atoms with E-state index in [1.807, 2.05) is 0 Å². The van der Waals surface area contributed by atoms with Gasteiger partial charge >= 0.3 is 0 Å². The third kappa shape index (κ3) is 2.52. The van der Waals surface area contributed by atoms with Crippen molar-refractivity contribution in [2.75, 3.05) is 5.73 Å². The molecule has 98 valence electrons. The van der Waals surface area contributed by atoms with Crippen molar-refractivity contribution in [3.63, 3.8) is 0 Å². The zero-order chi connectivity index (χ0) is 14.0. The molecule has 0 bridgehead atoms. The summed E-state index contributed by atoms with van der Waals surface area (Å²) in [6, 6.07) is 5.21. The van der Waals surface area contributed by atoms with E-state index in [1.165, 1.54) is 6.08 Å². The van der Waals surface area contributed by atoms with Crippen molar-refractivity contribution in [1.82, 2.24) is 0 Å². The molecule has 0 amide bonds. The first kappa shape index (κ1) is 13.0. The zero-order valence-electron chi connectivity index (χ0n) is 10.4. The Bertz CT molecular complexity index is 612. The lowest BCUT2D eigenvalue weighted by Gasteiger charge is -2.17. The molecule has 1 aliphatic carbocycles. The van der Waals surface area contributed by atoms with Crippen LogP contribution in [0.15, 0.2) is 47.9 Å². The molecule has 0 saturated carbocycles. The Morgan fingerprint density at radius 1 is 1.37 bits per heavy atom. The van der Waals surface area contributed by atoms with Gasteiger partial charge in [-0.15, -0.1) is 0 Å². The van der Waals surface area contributed by atoms with E-state index in [2.05, 4.69) is 6.58 Å². The fraction of sp³-hybridized carbons (Fsp3) is 0.133. The summed E-state index contributed by atoms with van der Waals surface area (Å²) >= 11 is 0. The van der Waals surface area contributed by atoms with E-state index >= 15 is 0 Å². The van der Waals surface area contributed by atoms with Gasteiger partial charge in [0.25, 0.3) is 0 Å². The second kappa shape index (κ2) is 5.02. The number of aliphatic hydroxyl groups is 2. The van der Waals surface area contributed by atoms with Gasteiger partial charge < -0.3 is 20.7 Å². The van der Waals surface area contributed by atoms with Crippen molar-refractivity contribution in [2.24, 2.45) is 0 Å². The lowest BCUT2D eigenvalue weighted by molar-refractivity contribution is -0.107. The maximum Gasteiger partial charge on any atom is 0.161 e. The molecule has 1 aliphatic rings. The van der Waals surface area contributed by atoms with Crippen molar-refractivity contribution in [1.29, 1.82) is 0 Å². The van der Waals surface area contributed by atoms with Crippen LogP contribution in [-0.4, -0.2) is 16.5 Å². The second-order valence-electron chi connectivity index (χ2n) is 4.48. The summed E-state index contributed by atoms with van der Waals surface area (Å²) in [6.07, 6.45) is 2.93. The Morgan fingerprint density at radius 2 is 2.11 bits per heavy atom. The van der Waals surface area contributed by atoms with E-state index in [4.69, 9.17) is 5.73 Å². The molecule has 0 aliphatic heterocycles. The highest BCUT2D eigenvalue weighted by Crippen LogP contribution is 2.33. The smallest absolute Gasteiger partial charge is 0.161 e. The van der Waals surface area contributed by atoms with Gasteiger partial charge in [-0.05, 0) is 28.8 Å². The molecule has 0 spiro atoms. The summed E-state index contributed by atoms with van der Waals surface area (Å²) in [5, 5.41) is 19.5. The number of nitrogens with two attached hydrogens (primary N) is 1. The number of carbonyl (C=O) groups excluding carboxylic acids is 1. The molecular weight excluding hydrogens is 242 g/mol. The number of nitrogen functional groups attached to an aromatic ring is 1. The van der Waals surface area contributed by atoms with Crippen LogP contribution >= 0.6 is 0 Å². The Balaban J connectivity index is 2.45. The van der Waals surface area contributed by atoms with Gasteiger partial charge in [-0.1, -0.05) is 18.7 Å². The summed E-state index contributed by atoms with van der Waals surface area (Å²) in [6.45, 7) is 3.78. The molecule has 0 aromatic heterocycles. The third-order valence-electron chi connectivity index (χ3n) is 3.07. The SMILES string of the molecule is C=C1C=C(O)C(O)=C(c2ccc(CC=O)c(N)c2)C1. The number of anilines is 1. The molecule has 4 heteroatoms. The number of aldehydes is 1. The maximum atomic E-state index is 10.5. The number of allylic oxidation sites excluding steroid dienone is 3. The Hall–Kier alpha value is -2.49. The first-order valence-electron chi connectivity index (χ1n) is 5.86. The van der Waals surface area contributed by atoms with Crippen molar-refractivity contribution in [2.45, 2.75) is 12.8 Å². The maximum absolute atomic E-state index is 10.5. The average molecular weight is 257 g/mol.